The van der Waals surface area contributed by atoms with Crippen LogP contribution < -0.4 is 0 Å². The third kappa shape index (κ3) is 2.47. The van der Waals surface area contributed by atoms with Gasteiger partial charge in [-0.2, -0.15) is 0 Å². The maximum atomic E-state index is 9.40. The molecule has 0 aromatic carbocycles. The minimum atomic E-state index is 0.0639. The largest absolute Gasteiger partial charge is 0.390 e. The van der Waals surface area contributed by atoms with Crippen LogP contribution in [0.3, 0.4) is 0 Å². The van der Waals surface area contributed by atoms with Crippen molar-refractivity contribution in [1.29, 1.82) is 0 Å². The summed E-state index contributed by atoms with van der Waals surface area (Å²) in [6.45, 7) is 4.64. The molecule has 2 unspecified atom stereocenters. The van der Waals surface area contributed by atoms with Gasteiger partial charge >= 0.3 is 0 Å². The Morgan fingerprint density at radius 2 is 2.18 bits per heavy atom. The number of aromatic amines is 1. The standard InChI is InChI=1S/C13H22N2OS/c1-9(2)11-5-3-4-6-12(11)15-10(8-16)7-14-13(15)17/h7,9,11-12,16H,3-6,8H2,1-2H3,(H,14,17). The van der Waals surface area contributed by atoms with Crippen LogP contribution in [0.4, 0.5) is 0 Å². The fourth-order valence-electron chi connectivity index (χ4n) is 3.14. The summed E-state index contributed by atoms with van der Waals surface area (Å²) in [5, 5.41) is 9.40. The summed E-state index contributed by atoms with van der Waals surface area (Å²) >= 11 is 5.36. The lowest BCUT2D eigenvalue weighted by atomic mass is 9.77. The SMILES string of the molecule is CC(C)C1CCCCC1n1c(CO)c[nH]c1=S. The van der Waals surface area contributed by atoms with Gasteiger partial charge in [-0.05, 0) is 36.9 Å². The summed E-state index contributed by atoms with van der Waals surface area (Å²) in [7, 11) is 0. The van der Waals surface area contributed by atoms with Crippen LogP contribution in [0, 0.1) is 16.6 Å². The molecule has 0 amide bonds. The zero-order valence-corrected chi connectivity index (χ0v) is 11.5. The van der Waals surface area contributed by atoms with Crippen LogP contribution in [0.5, 0.6) is 0 Å². The second kappa shape index (κ2) is 5.36. The average molecular weight is 254 g/mol. The normalized spacial score (nSPS) is 25.4. The number of H-pyrrole nitrogens is 1. The Labute approximate surface area is 108 Å². The van der Waals surface area contributed by atoms with Crippen molar-refractivity contribution in [2.24, 2.45) is 11.8 Å². The molecule has 1 fully saturated rings. The van der Waals surface area contributed by atoms with Crippen molar-refractivity contribution in [3.05, 3.63) is 16.7 Å². The summed E-state index contributed by atoms with van der Waals surface area (Å²) < 4.78 is 2.91. The molecule has 1 aliphatic rings. The molecule has 1 heterocycles. The highest BCUT2D eigenvalue weighted by atomic mass is 32.1. The van der Waals surface area contributed by atoms with Gasteiger partial charge in [-0.15, -0.1) is 0 Å². The van der Waals surface area contributed by atoms with Gasteiger partial charge in [0.25, 0.3) is 0 Å². The van der Waals surface area contributed by atoms with Gasteiger partial charge in [0.05, 0.1) is 12.3 Å². The Bertz CT molecular complexity index is 421. The van der Waals surface area contributed by atoms with Crippen molar-refractivity contribution < 1.29 is 5.11 Å². The molecule has 2 atom stereocenters. The first kappa shape index (κ1) is 12.8. The number of nitrogens with zero attached hydrogens (tertiary/aromatic N) is 1. The average Bonchev–Trinajstić information content (AvgIpc) is 2.70. The molecule has 0 spiro atoms. The molecular formula is C13H22N2OS. The van der Waals surface area contributed by atoms with E-state index in [-0.39, 0.29) is 6.61 Å². The van der Waals surface area contributed by atoms with Gasteiger partial charge in [0, 0.05) is 12.2 Å². The molecule has 2 rings (SSSR count). The van der Waals surface area contributed by atoms with E-state index in [4.69, 9.17) is 12.2 Å². The second-order valence-electron chi connectivity index (χ2n) is 5.37. The summed E-state index contributed by atoms with van der Waals surface area (Å²) in [4.78, 5) is 3.06. The molecule has 1 aliphatic carbocycles. The Morgan fingerprint density at radius 3 is 2.82 bits per heavy atom. The monoisotopic (exact) mass is 254 g/mol. The van der Waals surface area contributed by atoms with Crippen LogP contribution >= 0.6 is 12.2 Å². The van der Waals surface area contributed by atoms with Crippen molar-refractivity contribution >= 4 is 12.2 Å². The number of imidazole rings is 1. The van der Waals surface area contributed by atoms with Crippen LogP contribution in [0.1, 0.15) is 51.3 Å². The molecule has 3 nitrogen and oxygen atoms in total. The Kier molecular flexibility index (Phi) is 4.05. The first-order valence-electron chi connectivity index (χ1n) is 6.54. The third-order valence-electron chi connectivity index (χ3n) is 4.02. The van der Waals surface area contributed by atoms with Gasteiger partial charge in [-0.25, -0.2) is 0 Å². The number of aliphatic hydroxyl groups is 1. The Balaban J connectivity index is 2.35. The predicted molar refractivity (Wildman–Crippen MR) is 71.4 cm³/mol. The molecule has 1 aromatic rings. The van der Waals surface area contributed by atoms with E-state index in [9.17, 15) is 5.11 Å². The molecular weight excluding hydrogens is 232 g/mol. The molecule has 2 N–H and O–H groups in total. The van der Waals surface area contributed by atoms with E-state index in [0.29, 0.717) is 17.9 Å². The minimum absolute atomic E-state index is 0.0639. The van der Waals surface area contributed by atoms with Gasteiger partial charge in [0.15, 0.2) is 4.77 Å². The molecule has 0 radical (unpaired) electrons. The second-order valence-corrected chi connectivity index (χ2v) is 5.76. The van der Waals surface area contributed by atoms with Crippen molar-refractivity contribution in [2.45, 2.75) is 52.2 Å². The van der Waals surface area contributed by atoms with E-state index in [2.05, 4.69) is 23.4 Å². The number of hydrogen-bond acceptors (Lipinski definition) is 2. The summed E-state index contributed by atoms with van der Waals surface area (Å²) in [6.07, 6.45) is 6.90. The van der Waals surface area contributed by atoms with E-state index in [1.165, 1.54) is 25.7 Å². The highest BCUT2D eigenvalue weighted by molar-refractivity contribution is 7.71. The van der Waals surface area contributed by atoms with Gasteiger partial charge in [0.1, 0.15) is 0 Å². The zero-order valence-electron chi connectivity index (χ0n) is 10.6. The van der Waals surface area contributed by atoms with E-state index >= 15 is 0 Å². The molecule has 4 heteroatoms. The van der Waals surface area contributed by atoms with Gasteiger partial charge in [-0.3, -0.25) is 0 Å². The van der Waals surface area contributed by atoms with Crippen molar-refractivity contribution in [3.8, 4) is 0 Å². The van der Waals surface area contributed by atoms with Crippen LogP contribution in [0.2, 0.25) is 0 Å². The first-order chi connectivity index (χ1) is 8.15. The molecule has 17 heavy (non-hydrogen) atoms. The molecule has 0 aliphatic heterocycles. The topological polar surface area (TPSA) is 41.0 Å². The van der Waals surface area contributed by atoms with E-state index in [1.54, 1.807) is 0 Å². The fraction of sp³-hybridized carbons (Fsp3) is 0.769. The Morgan fingerprint density at radius 1 is 1.47 bits per heavy atom. The number of nitrogens with one attached hydrogen (secondary N) is 1. The van der Waals surface area contributed by atoms with E-state index in [1.807, 2.05) is 6.20 Å². The Hall–Kier alpha value is -0.610. The van der Waals surface area contributed by atoms with Crippen LogP contribution in [0.15, 0.2) is 6.20 Å². The zero-order chi connectivity index (χ0) is 12.4. The van der Waals surface area contributed by atoms with Crippen molar-refractivity contribution in [3.63, 3.8) is 0 Å². The molecule has 0 bridgehead atoms. The number of aromatic nitrogens is 2. The van der Waals surface area contributed by atoms with Crippen LogP contribution in [-0.4, -0.2) is 14.7 Å². The lowest BCUT2D eigenvalue weighted by Crippen LogP contribution is -2.28. The molecule has 0 saturated heterocycles. The van der Waals surface area contributed by atoms with E-state index in [0.717, 1.165) is 10.5 Å². The molecule has 1 aromatic heterocycles. The highest BCUT2D eigenvalue weighted by Gasteiger charge is 2.30. The first-order valence-corrected chi connectivity index (χ1v) is 6.95. The number of aliphatic hydroxyl groups excluding tert-OH is 1. The van der Waals surface area contributed by atoms with Crippen molar-refractivity contribution in [1.82, 2.24) is 9.55 Å². The van der Waals surface area contributed by atoms with Crippen LogP contribution in [-0.2, 0) is 6.61 Å². The van der Waals surface area contributed by atoms with Gasteiger partial charge in [0.2, 0.25) is 0 Å². The van der Waals surface area contributed by atoms with Gasteiger partial charge in [-0.1, -0.05) is 26.7 Å². The molecule has 96 valence electrons. The summed E-state index contributed by atoms with van der Waals surface area (Å²) in [5.74, 6) is 1.35. The maximum absolute atomic E-state index is 9.40. The summed E-state index contributed by atoms with van der Waals surface area (Å²) in [6, 6.07) is 0.463. The van der Waals surface area contributed by atoms with Gasteiger partial charge < -0.3 is 14.7 Å². The van der Waals surface area contributed by atoms with Crippen molar-refractivity contribution in [2.75, 3.05) is 0 Å². The summed E-state index contributed by atoms with van der Waals surface area (Å²) in [5.41, 5.74) is 0.924. The minimum Gasteiger partial charge on any atom is -0.390 e. The molecule has 1 saturated carbocycles. The van der Waals surface area contributed by atoms with E-state index < -0.39 is 0 Å². The lowest BCUT2D eigenvalue weighted by molar-refractivity contribution is 0.171. The highest BCUT2D eigenvalue weighted by Crippen LogP contribution is 2.39. The van der Waals surface area contributed by atoms with Crippen LogP contribution in [0.25, 0.3) is 0 Å². The number of rotatable bonds is 3. The smallest absolute Gasteiger partial charge is 0.177 e. The third-order valence-corrected chi connectivity index (χ3v) is 4.34. The fourth-order valence-corrected chi connectivity index (χ4v) is 3.45. The maximum Gasteiger partial charge on any atom is 0.177 e. The predicted octanol–water partition coefficient (Wildman–Crippen LogP) is 3.43. The number of hydrogen-bond donors (Lipinski definition) is 2. The quantitative estimate of drug-likeness (QED) is 0.811. The lowest BCUT2D eigenvalue weighted by Gasteiger charge is -2.36.